The predicted molar refractivity (Wildman–Crippen MR) is 65.6 cm³/mol. The molecular weight excluding hydrogens is 216 g/mol. The zero-order chi connectivity index (χ0) is 12.1. The van der Waals surface area contributed by atoms with E-state index in [4.69, 9.17) is 11.2 Å². The van der Waals surface area contributed by atoms with Crippen LogP contribution in [0.1, 0.15) is 0 Å². The molecule has 0 bridgehead atoms. The number of carbonyl (C=O) groups is 1. The van der Waals surface area contributed by atoms with E-state index in [9.17, 15) is 4.79 Å². The Morgan fingerprint density at radius 2 is 2.35 bits per heavy atom. The summed E-state index contributed by atoms with van der Waals surface area (Å²) in [5.74, 6) is 2.76. The summed E-state index contributed by atoms with van der Waals surface area (Å²) in [6.45, 7) is 0.191. The summed E-state index contributed by atoms with van der Waals surface area (Å²) >= 11 is 0. The van der Waals surface area contributed by atoms with Crippen molar-refractivity contribution in [2.45, 2.75) is 0 Å². The number of carbonyl (C=O) groups excluding carboxylic acids is 1. The van der Waals surface area contributed by atoms with Crippen molar-refractivity contribution in [3.8, 4) is 18.1 Å². The van der Waals surface area contributed by atoms with Crippen molar-refractivity contribution in [1.29, 1.82) is 0 Å². The van der Waals surface area contributed by atoms with Crippen molar-refractivity contribution < 1.29 is 9.53 Å². The molecule has 86 valence electrons. The van der Waals surface area contributed by atoms with E-state index in [1.54, 1.807) is 0 Å². The molecule has 0 saturated carbocycles. The Kier molecular flexibility index (Phi) is 3.31. The number of H-pyrrole nitrogens is 1. The summed E-state index contributed by atoms with van der Waals surface area (Å²) in [5, 5.41) is 3.58. The van der Waals surface area contributed by atoms with Crippen LogP contribution in [0, 0.1) is 12.3 Å². The van der Waals surface area contributed by atoms with Crippen LogP contribution < -0.4 is 10.1 Å². The molecule has 0 aliphatic carbocycles. The number of nitrogens with one attached hydrogen (secondary N) is 2. The zero-order valence-electron chi connectivity index (χ0n) is 9.19. The smallest absolute Gasteiger partial charge is 0.258 e. The number of rotatable bonds is 4. The Balaban J connectivity index is 1.94. The van der Waals surface area contributed by atoms with Gasteiger partial charge in [-0.05, 0) is 24.3 Å². The summed E-state index contributed by atoms with van der Waals surface area (Å²) in [4.78, 5) is 14.3. The highest BCUT2D eigenvalue weighted by Gasteiger charge is 2.02. The van der Waals surface area contributed by atoms with Crippen LogP contribution in [0.3, 0.4) is 0 Å². The van der Waals surface area contributed by atoms with Gasteiger partial charge in [0, 0.05) is 17.1 Å². The van der Waals surface area contributed by atoms with Gasteiger partial charge in [-0.25, -0.2) is 0 Å². The van der Waals surface area contributed by atoms with E-state index in [0.717, 1.165) is 10.9 Å². The molecule has 1 heterocycles. The van der Waals surface area contributed by atoms with Crippen molar-refractivity contribution in [3.05, 3.63) is 30.5 Å². The number of aromatic amines is 1. The molecule has 4 nitrogen and oxygen atoms in total. The number of hydrogen-bond donors (Lipinski definition) is 2. The summed E-state index contributed by atoms with van der Waals surface area (Å²) in [5.41, 5.74) is 1.04. The molecule has 0 spiro atoms. The molecule has 1 amide bonds. The number of aromatic nitrogens is 1. The molecular formula is C13H12N2O2. The maximum absolute atomic E-state index is 11.3. The van der Waals surface area contributed by atoms with Crippen molar-refractivity contribution in [1.82, 2.24) is 10.3 Å². The van der Waals surface area contributed by atoms with Crippen LogP contribution in [0.25, 0.3) is 10.9 Å². The number of fused-ring (bicyclic) bond motifs is 1. The minimum Gasteiger partial charge on any atom is -0.484 e. The van der Waals surface area contributed by atoms with Crippen LogP contribution in [-0.2, 0) is 4.79 Å². The van der Waals surface area contributed by atoms with Crippen LogP contribution in [0.15, 0.2) is 30.5 Å². The van der Waals surface area contributed by atoms with Crippen LogP contribution in [0.4, 0.5) is 0 Å². The average Bonchev–Trinajstić information content (AvgIpc) is 2.81. The Morgan fingerprint density at radius 1 is 1.47 bits per heavy atom. The number of amides is 1. The topological polar surface area (TPSA) is 54.1 Å². The fourth-order valence-corrected chi connectivity index (χ4v) is 1.47. The van der Waals surface area contributed by atoms with Crippen LogP contribution in [0.2, 0.25) is 0 Å². The lowest BCUT2D eigenvalue weighted by molar-refractivity contribution is -0.122. The van der Waals surface area contributed by atoms with Crippen LogP contribution >= 0.6 is 0 Å². The Labute approximate surface area is 99.0 Å². The van der Waals surface area contributed by atoms with Gasteiger partial charge in [0.1, 0.15) is 5.75 Å². The number of benzene rings is 1. The normalized spacial score (nSPS) is 9.82. The molecule has 17 heavy (non-hydrogen) atoms. The number of terminal acetylenes is 1. The van der Waals surface area contributed by atoms with Crippen LogP contribution in [0.5, 0.6) is 5.75 Å². The third kappa shape index (κ3) is 2.79. The molecule has 0 unspecified atom stereocenters. The second-order valence-electron chi connectivity index (χ2n) is 3.50. The lowest BCUT2D eigenvalue weighted by atomic mass is 10.2. The van der Waals surface area contributed by atoms with E-state index in [1.165, 1.54) is 0 Å². The van der Waals surface area contributed by atoms with Gasteiger partial charge < -0.3 is 15.0 Å². The Hall–Kier alpha value is -2.41. The van der Waals surface area contributed by atoms with E-state index in [1.807, 2.05) is 30.5 Å². The van der Waals surface area contributed by atoms with Gasteiger partial charge in [0.2, 0.25) is 0 Å². The standard InChI is InChI=1S/C13H12N2O2/c1-2-6-15-13(16)9-17-11-3-4-12-10(8-11)5-7-14-12/h1,3-5,7-8,14H,6,9H2,(H,15,16). The van der Waals surface area contributed by atoms with Gasteiger partial charge in [-0.15, -0.1) is 6.42 Å². The number of ether oxygens (including phenoxy) is 1. The second-order valence-corrected chi connectivity index (χ2v) is 3.50. The van der Waals surface area contributed by atoms with Gasteiger partial charge >= 0.3 is 0 Å². The molecule has 0 fully saturated rings. The molecule has 0 aliphatic heterocycles. The molecule has 1 aromatic heterocycles. The van der Waals surface area contributed by atoms with Crippen molar-refractivity contribution in [2.75, 3.05) is 13.2 Å². The number of hydrogen-bond acceptors (Lipinski definition) is 2. The first-order valence-corrected chi connectivity index (χ1v) is 5.19. The van der Waals surface area contributed by atoms with E-state index < -0.39 is 0 Å². The largest absolute Gasteiger partial charge is 0.484 e. The second kappa shape index (κ2) is 5.08. The molecule has 4 heteroatoms. The maximum atomic E-state index is 11.3. The highest BCUT2D eigenvalue weighted by Crippen LogP contribution is 2.19. The Morgan fingerprint density at radius 3 is 3.18 bits per heavy atom. The molecule has 0 radical (unpaired) electrons. The summed E-state index contributed by atoms with van der Waals surface area (Å²) in [6, 6.07) is 7.54. The van der Waals surface area contributed by atoms with E-state index in [2.05, 4.69) is 16.2 Å². The highest BCUT2D eigenvalue weighted by atomic mass is 16.5. The van der Waals surface area contributed by atoms with Gasteiger partial charge in [0.05, 0.1) is 6.54 Å². The summed E-state index contributed by atoms with van der Waals surface area (Å²) in [7, 11) is 0. The highest BCUT2D eigenvalue weighted by molar-refractivity contribution is 5.81. The fourth-order valence-electron chi connectivity index (χ4n) is 1.47. The average molecular weight is 228 g/mol. The van der Waals surface area contributed by atoms with Gasteiger partial charge in [0.15, 0.2) is 6.61 Å². The van der Waals surface area contributed by atoms with E-state index >= 15 is 0 Å². The minimum atomic E-state index is -0.225. The van der Waals surface area contributed by atoms with Gasteiger partial charge in [-0.3, -0.25) is 4.79 Å². The predicted octanol–water partition coefficient (Wildman–Crippen LogP) is 1.30. The first-order chi connectivity index (χ1) is 8.29. The van der Waals surface area contributed by atoms with Crippen molar-refractivity contribution in [2.24, 2.45) is 0 Å². The fraction of sp³-hybridized carbons (Fsp3) is 0.154. The quantitative estimate of drug-likeness (QED) is 0.775. The third-order valence-corrected chi connectivity index (χ3v) is 2.28. The monoisotopic (exact) mass is 228 g/mol. The van der Waals surface area contributed by atoms with E-state index in [0.29, 0.717) is 5.75 Å². The molecule has 1 aromatic carbocycles. The third-order valence-electron chi connectivity index (χ3n) is 2.28. The molecule has 0 atom stereocenters. The minimum absolute atomic E-state index is 0.0301. The molecule has 0 aliphatic rings. The maximum Gasteiger partial charge on any atom is 0.258 e. The Bertz CT molecular complexity index is 566. The zero-order valence-corrected chi connectivity index (χ0v) is 9.19. The van der Waals surface area contributed by atoms with Crippen molar-refractivity contribution >= 4 is 16.8 Å². The van der Waals surface area contributed by atoms with Crippen molar-refractivity contribution in [3.63, 3.8) is 0 Å². The van der Waals surface area contributed by atoms with Gasteiger partial charge in [-0.1, -0.05) is 5.92 Å². The van der Waals surface area contributed by atoms with Crippen LogP contribution in [-0.4, -0.2) is 24.0 Å². The molecule has 2 N–H and O–H groups in total. The molecule has 0 saturated heterocycles. The lowest BCUT2D eigenvalue weighted by Crippen LogP contribution is -2.28. The van der Waals surface area contributed by atoms with Gasteiger partial charge in [0.25, 0.3) is 5.91 Å². The first-order valence-electron chi connectivity index (χ1n) is 5.19. The molecule has 2 rings (SSSR count). The SMILES string of the molecule is C#CCNC(=O)COc1ccc2[nH]ccc2c1. The van der Waals surface area contributed by atoms with E-state index in [-0.39, 0.29) is 19.1 Å². The summed E-state index contributed by atoms with van der Waals surface area (Å²) in [6.07, 6.45) is 6.88. The lowest BCUT2D eigenvalue weighted by Gasteiger charge is -2.05. The summed E-state index contributed by atoms with van der Waals surface area (Å²) < 4.78 is 5.35. The molecule has 2 aromatic rings. The van der Waals surface area contributed by atoms with Gasteiger partial charge in [-0.2, -0.15) is 0 Å². The first kappa shape index (κ1) is 11.1.